The number of anilines is 2. The Kier molecular flexibility index (Phi) is 7.58. The number of benzene rings is 3. The van der Waals surface area contributed by atoms with Crippen LogP contribution in [0.2, 0.25) is 0 Å². The van der Waals surface area contributed by atoms with Crippen molar-refractivity contribution in [1.29, 1.82) is 0 Å². The molecule has 2 N–H and O–H groups in total. The Balaban J connectivity index is 1.50. The van der Waals surface area contributed by atoms with Crippen LogP contribution in [0.25, 0.3) is 11.1 Å². The van der Waals surface area contributed by atoms with Gasteiger partial charge in [0.15, 0.2) is 0 Å². The van der Waals surface area contributed by atoms with Crippen LogP contribution < -0.4 is 20.8 Å². The molecule has 0 radical (unpaired) electrons. The molecule has 0 saturated carbocycles. The maximum absolute atomic E-state index is 15.6. The van der Waals surface area contributed by atoms with E-state index >= 15 is 4.39 Å². The molecule has 1 aliphatic heterocycles. The zero-order valence-electron chi connectivity index (χ0n) is 21.2. The maximum atomic E-state index is 15.6. The third kappa shape index (κ3) is 5.83. The van der Waals surface area contributed by atoms with E-state index < -0.39 is 54.2 Å². The summed E-state index contributed by atoms with van der Waals surface area (Å²) < 4.78 is 80.6. The fourth-order valence-corrected chi connectivity index (χ4v) is 5.73. The number of rotatable bonds is 5. The minimum atomic E-state index is -4.74. The Morgan fingerprint density at radius 3 is 2.36 bits per heavy atom. The summed E-state index contributed by atoms with van der Waals surface area (Å²) >= 11 is 0. The van der Waals surface area contributed by atoms with Crippen molar-refractivity contribution in [1.82, 2.24) is 5.32 Å². The molecule has 12 heteroatoms. The third-order valence-corrected chi connectivity index (χ3v) is 8.03. The number of carbonyl (C=O) groups excluding carboxylic acids is 2. The van der Waals surface area contributed by atoms with E-state index in [1.165, 1.54) is 17.9 Å². The van der Waals surface area contributed by atoms with Gasteiger partial charge in [-0.25, -0.2) is 13.6 Å². The molecular formula is C27H25F5N3O3P. The smallest absolute Gasteiger partial charge is 0.326 e. The summed E-state index contributed by atoms with van der Waals surface area (Å²) in [6.07, 6.45) is -4.57. The van der Waals surface area contributed by atoms with E-state index in [4.69, 9.17) is 0 Å². The quantitative estimate of drug-likeness (QED) is 0.289. The molecule has 0 unspecified atom stereocenters. The number of nitrogens with zero attached hydrogens (tertiary/aromatic N) is 1. The number of alkyl halides is 3. The van der Waals surface area contributed by atoms with Crippen LogP contribution >= 0.6 is 7.14 Å². The monoisotopic (exact) mass is 565 g/mol. The molecule has 39 heavy (non-hydrogen) atoms. The molecule has 1 saturated heterocycles. The van der Waals surface area contributed by atoms with Crippen LogP contribution in [0.5, 0.6) is 0 Å². The third-order valence-electron chi connectivity index (χ3n) is 6.48. The summed E-state index contributed by atoms with van der Waals surface area (Å²) in [5, 5.41) is 5.03. The van der Waals surface area contributed by atoms with Gasteiger partial charge in [-0.05, 0) is 62.6 Å². The molecule has 3 aromatic carbocycles. The fraction of sp³-hybridized carbons (Fsp3) is 0.259. The molecular weight excluding hydrogens is 540 g/mol. The zero-order chi connectivity index (χ0) is 28.7. The number of hydrogen-bond acceptors (Lipinski definition) is 3. The predicted molar refractivity (Wildman–Crippen MR) is 140 cm³/mol. The summed E-state index contributed by atoms with van der Waals surface area (Å²) in [6.45, 7) is 4.88. The van der Waals surface area contributed by atoms with Crippen molar-refractivity contribution in [2.24, 2.45) is 0 Å². The molecule has 3 aromatic rings. The molecule has 6 nitrogen and oxygen atoms in total. The molecule has 1 atom stereocenters. The first-order valence-corrected chi connectivity index (χ1v) is 14.5. The van der Waals surface area contributed by atoms with Gasteiger partial charge < -0.3 is 20.1 Å². The van der Waals surface area contributed by atoms with Crippen LogP contribution in [0.15, 0.2) is 54.6 Å². The summed E-state index contributed by atoms with van der Waals surface area (Å²) in [5.74, 6) is -2.39. The van der Waals surface area contributed by atoms with E-state index in [9.17, 15) is 31.7 Å². The molecule has 1 heterocycles. The Labute approximate surface area is 221 Å². The van der Waals surface area contributed by atoms with Crippen molar-refractivity contribution >= 4 is 35.8 Å². The van der Waals surface area contributed by atoms with E-state index in [1.54, 1.807) is 43.7 Å². The molecule has 0 aliphatic carbocycles. The van der Waals surface area contributed by atoms with Crippen LogP contribution in [-0.4, -0.2) is 37.9 Å². The van der Waals surface area contributed by atoms with Crippen molar-refractivity contribution in [3.05, 3.63) is 77.4 Å². The van der Waals surface area contributed by atoms with E-state index in [0.29, 0.717) is 22.6 Å². The molecule has 4 rings (SSSR count). The van der Waals surface area contributed by atoms with E-state index in [0.717, 1.165) is 6.07 Å². The number of nitrogens with one attached hydrogen (secondary N) is 2. The summed E-state index contributed by atoms with van der Waals surface area (Å²) in [6, 6.07) is 9.60. The van der Waals surface area contributed by atoms with E-state index in [-0.39, 0.29) is 30.2 Å². The average Bonchev–Trinajstić information content (AvgIpc) is 3.20. The highest BCUT2D eigenvalue weighted by molar-refractivity contribution is 7.70. The van der Waals surface area contributed by atoms with Crippen LogP contribution in [0.3, 0.4) is 0 Å². The van der Waals surface area contributed by atoms with Gasteiger partial charge in [-0.15, -0.1) is 0 Å². The Morgan fingerprint density at radius 2 is 1.72 bits per heavy atom. The summed E-state index contributed by atoms with van der Waals surface area (Å²) in [7, 11) is -2.71. The van der Waals surface area contributed by atoms with Gasteiger partial charge in [0.1, 0.15) is 24.8 Å². The van der Waals surface area contributed by atoms with Crippen molar-refractivity contribution in [2.45, 2.75) is 25.6 Å². The minimum absolute atomic E-state index is 0.160. The van der Waals surface area contributed by atoms with Crippen LogP contribution in [0.4, 0.5) is 38.1 Å². The minimum Gasteiger partial charge on any atom is -0.326 e. The zero-order valence-corrected chi connectivity index (χ0v) is 22.1. The Bertz CT molecular complexity index is 1500. The molecule has 1 fully saturated rings. The van der Waals surface area contributed by atoms with Crippen molar-refractivity contribution in [2.75, 3.05) is 30.1 Å². The number of amides is 3. The Morgan fingerprint density at radius 1 is 1.03 bits per heavy atom. The number of halogens is 5. The van der Waals surface area contributed by atoms with Gasteiger partial charge in [0.2, 0.25) is 5.91 Å². The highest BCUT2D eigenvalue weighted by Crippen LogP contribution is 2.41. The second-order valence-electron chi connectivity index (χ2n) is 9.56. The van der Waals surface area contributed by atoms with Gasteiger partial charge >= 0.3 is 12.2 Å². The SMILES string of the molecule is Cc1c(N2CC[C@@H](NC(=O)Nc3ccc(C(F)(F)F)cc3F)C2=O)ccc(-c2ccccc2P(C)(C)=O)c1F. The van der Waals surface area contributed by atoms with Crippen molar-refractivity contribution in [3.8, 4) is 11.1 Å². The topological polar surface area (TPSA) is 78.5 Å². The van der Waals surface area contributed by atoms with Gasteiger partial charge in [0.05, 0.1) is 11.3 Å². The second-order valence-corrected chi connectivity index (χ2v) is 12.7. The first kappa shape index (κ1) is 28.3. The molecule has 3 amide bonds. The second kappa shape index (κ2) is 10.4. The number of urea groups is 1. The van der Waals surface area contributed by atoms with Crippen LogP contribution in [0, 0.1) is 18.6 Å². The van der Waals surface area contributed by atoms with Gasteiger partial charge in [0.25, 0.3) is 0 Å². The molecule has 0 spiro atoms. The van der Waals surface area contributed by atoms with Gasteiger partial charge in [-0.3, -0.25) is 4.79 Å². The van der Waals surface area contributed by atoms with E-state index in [1.807, 2.05) is 0 Å². The normalized spacial score (nSPS) is 15.9. The first-order valence-electron chi connectivity index (χ1n) is 11.9. The number of hydrogen-bond donors (Lipinski definition) is 2. The largest absolute Gasteiger partial charge is 0.416 e. The number of carbonyl (C=O) groups is 2. The fourth-order valence-electron chi connectivity index (χ4n) is 4.51. The molecule has 1 aliphatic rings. The van der Waals surface area contributed by atoms with Crippen LogP contribution in [-0.2, 0) is 15.5 Å². The highest BCUT2D eigenvalue weighted by Gasteiger charge is 2.36. The highest BCUT2D eigenvalue weighted by atomic mass is 31.2. The van der Waals surface area contributed by atoms with Crippen molar-refractivity contribution in [3.63, 3.8) is 0 Å². The summed E-state index contributed by atoms with van der Waals surface area (Å²) in [5.41, 5.74) is -0.459. The lowest BCUT2D eigenvalue weighted by Crippen LogP contribution is -2.43. The maximum Gasteiger partial charge on any atom is 0.416 e. The lowest BCUT2D eigenvalue weighted by molar-refractivity contribution is -0.137. The lowest BCUT2D eigenvalue weighted by Gasteiger charge is -2.22. The van der Waals surface area contributed by atoms with Gasteiger partial charge in [-0.2, -0.15) is 13.2 Å². The molecule has 0 aromatic heterocycles. The van der Waals surface area contributed by atoms with Crippen molar-refractivity contribution < 1.29 is 36.1 Å². The predicted octanol–water partition coefficient (Wildman–Crippen LogP) is 6.13. The molecule has 206 valence electrons. The Hall–Kier alpha value is -3.72. The lowest BCUT2D eigenvalue weighted by atomic mass is 10.0. The van der Waals surface area contributed by atoms with Crippen LogP contribution in [0.1, 0.15) is 17.5 Å². The standard InChI is InChI=1S/C27H25F5N3O3P/c1-15-22(11-9-18(24(15)29)17-6-4-5-7-23(17)39(2,3)38)35-13-12-21(25(35)36)34-26(37)33-20-10-8-16(14-19(20)28)27(30,31)32/h4-11,14,21H,12-13H2,1-3H3,(H2,33,34,37)/t21-/m1/s1. The van der Waals surface area contributed by atoms with Gasteiger partial charge in [0, 0.05) is 28.7 Å². The average molecular weight is 565 g/mol. The van der Waals surface area contributed by atoms with E-state index in [2.05, 4.69) is 10.6 Å². The summed E-state index contributed by atoms with van der Waals surface area (Å²) in [4.78, 5) is 26.7. The van der Waals surface area contributed by atoms with Gasteiger partial charge in [-0.1, -0.05) is 24.3 Å². The first-order chi connectivity index (χ1) is 18.2. The molecule has 0 bridgehead atoms.